The summed E-state index contributed by atoms with van der Waals surface area (Å²) in [5, 5.41) is 0.368. The zero-order valence-corrected chi connectivity index (χ0v) is 13.2. The SMILES string of the molecule is COCCOCCOCCOC(=O)c1nc(Cl)ccc1Cl. The van der Waals surface area contributed by atoms with Crippen LogP contribution in [-0.2, 0) is 18.9 Å². The molecule has 1 aromatic rings. The molecule has 1 aromatic heterocycles. The van der Waals surface area contributed by atoms with Gasteiger partial charge in [0.1, 0.15) is 11.8 Å². The van der Waals surface area contributed by atoms with Gasteiger partial charge < -0.3 is 18.9 Å². The fourth-order valence-electron chi connectivity index (χ4n) is 1.29. The Morgan fingerprint density at radius 1 is 1.05 bits per heavy atom. The maximum atomic E-state index is 11.7. The largest absolute Gasteiger partial charge is 0.458 e. The first kappa shape index (κ1) is 18.1. The van der Waals surface area contributed by atoms with Crippen molar-refractivity contribution in [2.45, 2.75) is 0 Å². The van der Waals surface area contributed by atoms with Gasteiger partial charge in [-0.3, -0.25) is 0 Å². The number of ether oxygens (including phenoxy) is 4. The smallest absolute Gasteiger partial charge is 0.358 e. The van der Waals surface area contributed by atoms with E-state index in [1.54, 1.807) is 7.11 Å². The van der Waals surface area contributed by atoms with Gasteiger partial charge in [0.15, 0.2) is 5.69 Å². The summed E-state index contributed by atoms with van der Waals surface area (Å²) in [5.41, 5.74) is -0.00735. The van der Waals surface area contributed by atoms with Crippen molar-refractivity contribution in [1.29, 1.82) is 0 Å². The number of halogens is 2. The number of pyridine rings is 1. The van der Waals surface area contributed by atoms with Gasteiger partial charge in [-0.15, -0.1) is 0 Å². The molecule has 21 heavy (non-hydrogen) atoms. The summed E-state index contributed by atoms with van der Waals surface area (Å²) in [6, 6.07) is 2.98. The first-order chi connectivity index (χ1) is 10.1. The minimum Gasteiger partial charge on any atom is -0.458 e. The zero-order valence-electron chi connectivity index (χ0n) is 11.6. The Morgan fingerprint density at radius 3 is 2.33 bits per heavy atom. The molecule has 8 heteroatoms. The Bertz CT molecular complexity index is 445. The fourth-order valence-corrected chi connectivity index (χ4v) is 1.62. The molecule has 0 N–H and O–H groups in total. The predicted octanol–water partition coefficient (Wildman–Crippen LogP) is 2.22. The number of rotatable bonds is 10. The minimum atomic E-state index is -0.637. The third-order valence-electron chi connectivity index (χ3n) is 2.27. The monoisotopic (exact) mass is 337 g/mol. The first-order valence-electron chi connectivity index (χ1n) is 6.28. The van der Waals surface area contributed by atoms with Crippen molar-refractivity contribution in [2.75, 3.05) is 46.8 Å². The van der Waals surface area contributed by atoms with Crippen LogP contribution in [0.25, 0.3) is 0 Å². The molecule has 0 aliphatic heterocycles. The molecule has 0 spiro atoms. The second-order valence-electron chi connectivity index (χ2n) is 3.82. The van der Waals surface area contributed by atoms with Crippen LogP contribution in [0.3, 0.4) is 0 Å². The Hall–Kier alpha value is -0.920. The summed E-state index contributed by atoms with van der Waals surface area (Å²) in [6.45, 7) is 2.30. The molecule has 0 saturated heterocycles. The van der Waals surface area contributed by atoms with Crippen LogP contribution in [0.15, 0.2) is 12.1 Å². The third kappa shape index (κ3) is 7.59. The third-order valence-corrected chi connectivity index (χ3v) is 2.79. The molecular weight excluding hydrogens is 321 g/mol. The number of aromatic nitrogens is 1. The number of carbonyl (C=O) groups is 1. The van der Waals surface area contributed by atoms with Crippen LogP contribution < -0.4 is 0 Å². The van der Waals surface area contributed by atoms with Crippen molar-refractivity contribution in [3.05, 3.63) is 28.0 Å². The summed E-state index contributed by atoms with van der Waals surface area (Å²) in [5.74, 6) is -0.637. The van der Waals surface area contributed by atoms with E-state index >= 15 is 0 Å². The van der Waals surface area contributed by atoms with Gasteiger partial charge in [0.25, 0.3) is 0 Å². The lowest BCUT2D eigenvalue weighted by Crippen LogP contribution is -2.15. The molecule has 0 aliphatic carbocycles. The number of hydrogen-bond acceptors (Lipinski definition) is 6. The zero-order chi connectivity index (χ0) is 15.5. The van der Waals surface area contributed by atoms with Gasteiger partial charge in [-0.1, -0.05) is 23.2 Å². The number of hydrogen-bond donors (Lipinski definition) is 0. The van der Waals surface area contributed by atoms with E-state index in [0.29, 0.717) is 26.4 Å². The van der Waals surface area contributed by atoms with Crippen LogP contribution in [0.2, 0.25) is 10.2 Å². The molecule has 6 nitrogen and oxygen atoms in total. The highest BCUT2D eigenvalue weighted by Gasteiger charge is 2.14. The van der Waals surface area contributed by atoms with E-state index < -0.39 is 5.97 Å². The molecule has 0 aliphatic rings. The van der Waals surface area contributed by atoms with E-state index in [9.17, 15) is 4.79 Å². The van der Waals surface area contributed by atoms with Gasteiger partial charge in [-0.2, -0.15) is 0 Å². The van der Waals surface area contributed by atoms with Crippen molar-refractivity contribution >= 4 is 29.2 Å². The van der Waals surface area contributed by atoms with Gasteiger partial charge in [-0.25, -0.2) is 9.78 Å². The quantitative estimate of drug-likeness (QED) is 0.370. The molecule has 0 unspecified atom stereocenters. The highest BCUT2D eigenvalue weighted by molar-refractivity contribution is 6.34. The Labute approximate surface area is 133 Å². The molecule has 0 radical (unpaired) electrons. The van der Waals surface area contributed by atoms with Crippen molar-refractivity contribution in [3.63, 3.8) is 0 Å². The first-order valence-corrected chi connectivity index (χ1v) is 7.04. The second-order valence-corrected chi connectivity index (χ2v) is 4.61. The molecule has 1 heterocycles. The molecular formula is C13H17Cl2NO5. The van der Waals surface area contributed by atoms with Crippen LogP contribution in [0.1, 0.15) is 10.5 Å². The van der Waals surface area contributed by atoms with Crippen LogP contribution in [0.5, 0.6) is 0 Å². The van der Waals surface area contributed by atoms with Gasteiger partial charge in [-0.05, 0) is 12.1 Å². The summed E-state index contributed by atoms with van der Waals surface area (Å²) in [4.78, 5) is 15.5. The average Bonchev–Trinajstić information content (AvgIpc) is 2.48. The number of carbonyl (C=O) groups excluding carboxylic acids is 1. The summed E-state index contributed by atoms with van der Waals surface area (Å²) in [6.07, 6.45) is 0. The highest BCUT2D eigenvalue weighted by atomic mass is 35.5. The van der Waals surface area contributed by atoms with E-state index in [-0.39, 0.29) is 29.1 Å². The van der Waals surface area contributed by atoms with Crippen molar-refractivity contribution < 1.29 is 23.7 Å². The summed E-state index contributed by atoms with van der Waals surface area (Å²) >= 11 is 11.5. The summed E-state index contributed by atoms with van der Waals surface area (Å²) < 4.78 is 20.2. The molecule has 118 valence electrons. The van der Waals surface area contributed by atoms with Crippen molar-refractivity contribution in [1.82, 2.24) is 4.98 Å². The molecule has 0 aromatic carbocycles. The molecule has 0 fully saturated rings. The van der Waals surface area contributed by atoms with Gasteiger partial charge in [0.2, 0.25) is 0 Å². The predicted molar refractivity (Wildman–Crippen MR) is 78.1 cm³/mol. The lowest BCUT2D eigenvalue weighted by atomic mass is 10.3. The van der Waals surface area contributed by atoms with Crippen LogP contribution in [-0.4, -0.2) is 57.7 Å². The second kappa shape index (κ2) is 10.8. The van der Waals surface area contributed by atoms with E-state index in [1.165, 1.54) is 12.1 Å². The van der Waals surface area contributed by atoms with E-state index in [0.717, 1.165) is 0 Å². The fraction of sp³-hybridized carbons (Fsp3) is 0.538. The molecule has 0 amide bonds. The van der Waals surface area contributed by atoms with Crippen LogP contribution >= 0.6 is 23.2 Å². The normalized spacial score (nSPS) is 10.6. The van der Waals surface area contributed by atoms with Crippen molar-refractivity contribution in [2.24, 2.45) is 0 Å². The molecule has 1 rings (SSSR count). The standard InChI is InChI=1S/C13H17Cl2NO5/c1-18-4-5-19-6-7-20-8-9-21-13(17)12-10(14)2-3-11(15)16-12/h2-3H,4-9H2,1H3. The van der Waals surface area contributed by atoms with Gasteiger partial charge in [0, 0.05) is 7.11 Å². The Balaban J connectivity index is 2.12. The summed E-state index contributed by atoms with van der Waals surface area (Å²) in [7, 11) is 1.61. The number of methoxy groups -OCH3 is 1. The van der Waals surface area contributed by atoms with Crippen LogP contribution in [0, 0.1) is 0 Å². The maximum Gasteiger partial charge on any atom is 0.358 e. The number of esters is 1. The van der Waals surface area contributed by atoms with Gasteiger partial charge >= 0.3 is 5.97 Å². The number of nitrogens with zero attached hydrogens (tertiary/aromatic N) is 1. The van der Waals surface area contributed by atoms with E-state index in [1.807, 2.05) is 0 Å². The van der Waals surface area contributed by atoms with Crippen molar-refractivity contribution in [3.8, 4) is 0 Å². The maximum absolute atomic E-state index is 11.7. The molecule has 0 atom stereocenters. The Morgan fingerprint density at radius 2 is 1.67 bits per heavy atom. The Kier molecular flexibility index (Phi) is 9.29. The molecule has 0 saturated carbocycles. The highest BCUT2D eigenvalue weighted by Crippen LogP contribution is 2.17. The molecule has 0 bridgehead atoms. The lowest BCUT2D eigenvalue weighted by molar-refractivity contribution is 0.00550. The average molecular weight is 338 g/mol. The minimum absolute atomic E-state index is 0.00735. The van der Waals surface area contributed by atoms with E-state index in [4.69, 9.17) is 42.1 Å². The van der Waals surface area contributed by atoms with E-state index in [2.05, 4.69) is 4.98 Å². The topological polar surface area (TPSA) is 66.9 Å². The van der Waals surface area contributed by atoms with Crippen LogP contribution in [0.4, 0.5) is 0 Å². The lowest BCUT2D eigenvalue weighted by Gasteiger charge is -2.07. The van der Waals surface area contributed by atoms with Gasteiger partial charge in [0.05, 0.1) is 38.1 Å².